The zero-order valence-corrected chi connectivity index (χ0v) is 10.6. The first kappa shape index (κ1) is 13.4. The molecule has 0 aliphatic heterocycles. The van der Waals surface area contributed by atoms with Crippen molar-refractivity contribution in [2.75, 3.05) is 17.6 Å². The van der Waals surface area contributed by atoms with E-state index in [1.54, 1.807) is 12.1 Å². The number of carbonyl (C=O) groups excluding carboxylic acids is 1. The van der Waals surface area contributed by atoms with E-state index in [-0.39, 0.29) is 11.2 Å². The van der Waals surface area contributed by atoms with E-state index in [1.807, 2.05) is 19.1 Å². The minimum absolute atomic E-state index is 0.0495. The molecule has 16 heavy (non-hydrogen) atoms. The molecule has 5 heteroatoms. The molecule has 0 aromatic heterocycles. The van der Waals surface area contributed by atoms with Crippen LogP contribution in [0, 0.1) is 0 Å². The number of thioether (sulfide) groups is 1. The number of amides is 1. The number of rotatable bonds is 5. The minimum atomic E-state index is -0.125. The third-order valence-electron chi connectivity index (χ3n) is 1.99. The normalized spacial score (nSPS) is 12.2. The highest BCUT2D eigenvalue weighted by Crippen LogP contribution is 2.21. The summed E-state index contributed by atoms with van der Waals surface area (Å²) in [5.41, 5.74) is 6.03. The lowest BCUT2D eigenvalue weighted by atomic mass is 10.3. The van der Waals surface area contributed by atoms with Crippen molar-refractivity contribution in [3.8, 4) is 0 Å². The Balaban J connectivity index is 2.54. The Morgan fingerprint density at radius 2 is 2.25 bits per heavy atom. The van der Waals surface area contributed by atoms with Crippen LogP contribution in [-0.4, -0.2) is 23.5 Å². The van der Waals surface area contributed by atoms with Gasteiger partial charge in [0, 0.05) is 12.3 Å². The number of hydrogen-bond donors (Lipinski definition) is 2. The molecular weight excluding hydrogens is 244 g/mol. The first-order valence-electron chi connectivity index (χ1n) is 5.02. The van der Waals surface area contributed by atoms with Gasteiger partial charge in [-0.25, -0.2) is 0 Å². The first-order valence-corrected chi connectivity index (χ1v) is 6.45. The van der Waals surface area contributed by atoms with Gasteiger partial charge >= 0.3 is 0 Å². The van der Waals surface area contributed by atoms with Crippen molar-refractivity contribution in [1.29, 1.82) is 0 Å². The zero-order valence-electron chi connectivity index (χ0n) is 9.07. The van der Waals surface area contributed by atoms with Crippen molar-refractivity contribution < 1.29 is 4.79 Å². The molecule has 1 unspecified atom stereocenters. The summed E-state index contributed by atoms with van der Waals surface area (Å²) in [4.78, 5) is 11.7. The maximum atomic E-state index is 11.7. The van der Waals surface area contributed by atoms with E-state index in [0.717, 1.165) is 5.75 Å². The van der Waals surface area contributed by atoms with E-state index in [1.165, 1.54) is 11.8 Å². The van der Waals surface area contributed by atoms with Gasteiger partial charge in [0.25, 0.3) is 0 Å². The summed E-state index contributed by atoms with van der Waals surface area (Å²) < 4.78 is 0. The predicted molar refractivity (Wildman–Crippen MR) is 71.1 cm³/mol. The summed E-state index contributed by atoms with van der Waals surface area (Å²) in [6.45, 7) is 2.43. The second kappa shape index (κ2) is 6.78. The molecule has 3 nitrogen and oxygen atoms in total. The number of nitrogens with two attached hydrogens (primary N) is 1. The first-order chi connectivity index (χ1) is 7.65. The van der Waals surface area contributed by atoms with Gasteiger partial charge in [0.15, 0.2) is 0 Å². The molecule has 0 saturated carbocycles. The average Bonchev–Trinajstić information content (AvgIpc) is 2.28. The number of carbonyl (C=O) groups is 1. The summed E-state index contributed by atoms with van der Waals surface area (Å²) in [7, 11) is 0. The molecule has 0 aliphatic rings. The second-order valence-electron chi connectivity index (χ2n) is 3.27. The molecule has 1 atom stereocenters. The predicted octanol–water partition coefficient (Wildman–Crippen LogP) is 2.36. The van der Waals surface area contributed by atoms with Gasteiger partial charge in [-0.1, -0.05) is 23.7 Å². The Bertz CT molecular complexity index is 360. The van der Waals surface area contributed by atoms with Crippen molar-refractivity contribution in [2.45, 2.75) is 12.2 Å². The molecule has 88 valence electrons. The van der Waals surface area contributed by atoms with E-state index in [9.17, 15) is 4.79 Å². The van der Waals surface area contributed by atoms with Crippen LogP contribution in [0.3, 0.4) is 0 Å². The topological polar surface area (TPSA) is 55.1 Å². The van der Waals surface area contributed by atoms with Crippen molar-refractivity contribution in [1.82, 2.24) is 0 Å². The lowest BCUT2D eigenvalue weighted by Crippen LogP contribution is -2.23. The number of benzene rings is 1. The van der Waals surface area contributed by atoms with Crippen molar-refractivity contribution in [2.24, 2.45) is 5.73 Å². The van der Waals surface area contributed by atoms with E-state index in [2.05, 4.69) is 5.32 Å². The van der Waals surface area contributed by atoms with Crippen LogP contribution in [0.15, 0.2) is 24.3 Å². The molecule has 3 N–H and O–H groups in total. The highest BCUT2D eigenvalue weighted by atomic mass is 35.5. The Morgan fingerprint density at radius 1 is 1.56 bits per heavy atom. The largest absolute Gasteiger partial charge is 0.330 e. The average molecular weight is 259 g/mol. The number of anilines is 1. The fourth-order valence-corrected chi connectivity index (χ4v) is 2.00. The van der Waals surface area contributed by atoms with Crippen molar-refractivity contribution in [3.63, 3.8) is 0 Å². The number of halogens is 1. The molecule has 0 saturated heterocycles. The molecule has 0 heterocycles. The lowest BCUT2D eigenvalue weighted by molar-refractivity contribution is -0.115. The van der Waals surface area contributed by atoms with Crippen LogP contribution in [0.1, 0.15) is 6.92 Å². The Morgan fingerprint density at radius 3 is 2.88 bits per heavy atom. The summed E-state index contributed by atoms with van der Waals surface area (Å²) in [5.74, 6) is 0.725. The van der Waals surface area contributed by atoms with E-state index in [4.69, 9.17) is 17.3 Å². The molecule has 1 amide bonds. The van der Waals surface area contributed by atoms with E-state index in [0.29, 0.717) is 17.3 Å². The third-order valence-corrected chi connectivity index (χ3v) is 3.50. The van der Waals surface area contributed by atoms with Crippen LogP contribution >= 0.6 is 23.4 Å². The third kappa shape index (κ3) is 4.04. The molecular formula is C11H15ClN2OS. The molecule has 0 fully saturated rings. The Kier molecular flexibility index (Phi) is 5.66. The maximum absolute atomic E-state index is 11.7. The van der Waals surface area contributed by atoms with Crippen LogP contribution < -0.4 is 11.1 Å². The van der Waals surface area contributed by atoms with E-state index >= 15 is 0 Å². The number of para-hydroxylation sites is 1. The molecule has 0 aliphatic carbocycles. The maximum Gasteiger partial charge on any atom is 0.237 e. The van der Waals surface area contributed by atoms with Gasteiger partial charge in [-0.2, -0.15) is 0 Å². The number of hydrogen-bond acceptors (Lipinski definition) is 3. The molecule has 0 spiro atoms. The summed E-state index contributed by atoms with van der Waals surface area (Å²) in [6.07, 6.45) is 0. The monoisotopic (exact) mass is 258 g/mol. The molecule has 1 rings (SSSR count). The Hall–Kier alpha value is -0.710. The quantitative estimate of drug-likeness (QED) is 0.853. The van der Waals surface area contributed by atoms with Crippen LogP contribution in [0.25, 0.3) is 0 Å². The standard InChI is InChI=1S/C11H15ClN2OS/c1-8(16-7-6-13)11(15)14-10-5-3-2-4-9(10)12/h2-5,8H,6-7,13H2,1H3,(H,14,15). The van der Waals surface area contributed by atoms with Gasteiger partial charge in [0.05, 0.1) is 16.0 Å². The highest BCUT2D eigenvalue weighted by molar-refractivity contribution is 8.00. The minimum Gasteiger partial charge on any atom is -0.330 e. The second-order valence-corrected chi connectivity index (χ2v) is 5.13. The smallest absolute Gasteiger partial charge is 0.237 e. The zero-order chi connectivity index (χ0) is 12.0. The van der Waals surface area contributed by atoms with Gasteiger partial charge in [-0.15, -0.1) is 11.8 Å². The summed E-state index contributed by atoms with van der Waals surface area (Å²) >= 11 is 7.47. The van der Waals surface area contributed by atoms with Crippen LogP contribution in [0.5, 0.6) is 0 Å². The van der Waals surface area contributed by atoms with Crippen molar-refractivity contribution in [3.05, 3.63) is 29.3 Å². The molecule has 1 aromatic rings. The SMILES string of the molecule is CC(SCCN)C(=O)Nc1ccccc1Cl. The molecule has 1 aromatic carbocycles. The lowest BCUT2D eigenvalue weighted by Gasteiger charge is -2.12. The van der Waals surface area contributed by atoms with Gasteiger partial charge < -0.3 is 11.1 Å². The van der Waals surface area contributed by atoms with Crippen LogP contribution in [0.2, 0.25) is 5.02 Å². The van der Waals surface area contributed by atoms with Crippen LogP contribution in [0.4, 0.5) is 5.69 Å². The van der Waals surface area contributed by atoms with Gasteiger partial charge in [0.2, 0.25) is 5.91 Å². The fourth-order valence-electron chi connectivity index (χ4n) is 1.12. The molecule has 0 radical (unpaired) electrons. The number of nitrogens with one attached hydrogen (secondary N) is 1. The Labute approximate surface area is 105 Å². The summed E-state index contributed by atoms with van der Waals surface area (Å²) in [5, 5.41) is 3.21. The molecule has 0 bridgehead atoms. The van der Waals surface area contributed by atoms with Crippen molar-refractivity contribution >= 4 is 35.0 Å². The van der Waals surface area contributed by atoms with Gasteiger partial charge in [-0.3, -0.25) is 4.79 Å². The highest BCUT2D eigenvalue weighted by Gasteiger charge is 2.13. The van der Waals surface area contributed by atoms with Crippen LogP contribution in [-0.2, 0) is 4.79 Å². The van der Waals surface area contributed by atoms with E-state index < -0.39 is 0 Å². The summed E-state index contributed by atoms with van der Waals surface area (Å²) in [6, 6.07) is 7.18. The van der Waals surface area contributed by atoms with Gasteiger partial charge in [-0.05, 0) is 19.1 Å². The van der Waals surface area contributed by atoms with Gasteiger partial charge in [0.1, 0.15) is 0 Å². The fraction of sp³-hybridized carbons (Fsp3) is 0.364.